The second-order valence-corrected chi connectivity index (χ2v) is 6.10. The van der Waals surface area contributed by atoms with Crippen LogP contribution in [0.15, 0.2) is 36.5 Å². The molecule has 5 nitrogen and oxygen atoms in total. The smallest absolute Gasteiger partial charge is 0.0971 e. The van der Waals surface area contributed by atoms with Gasteiger partial charge in [0.1, 0.15) is 0 Å². The molecule has 22 heavy (non-hydrogen) atoms. The standard InChI is InChI=1S/C17H25N5/c1-18-10-7-15-8-11-21(12-9-15)13-16-14-22(20-19-16)17-5-3-2-4-6-17/h2-6,14-15,18H,7-13H2,1H3. The van der Waals surface area contributed by atoms with E-state index in [1.807, 2.05) is 48.3 Å². The zero-order chi connectivity index (χ0) is 15.2. The topological polar surface area (TPSA) is 46.0 Å². The zero-order valence-electron chi connectivity index (χ0n) is 13.3. The van der Waals surface area contributed by atoms with Crippen molar-refractivity contribution >= 4 is 0 Å². The molecule has 1 aromatic carbocycles. The number of nitrogens with one attached hydrogen (secondary N) is 1. The highest BCUT2D eigenvalue weighted by Crippen LogP contribution is 2.21. The predicted molar refractivity (Wildman–Crippen MR) is 87.9 cm³/mol. The van der Waals surface area contributed by atoms with Gasteiger partial charge in [-0.15, -0.1) is 5.10 Å². The number of hydrogen-bond acceptors (Lipinski definition) is 4. The molecule has 1 aromatic heterocycles. The molecule has 0 bridgehead atoms. The number of benzene rings is 1. The summed E-state index contributed by atoms with van der Waals surface area (Å²) in [5.41, 5.74) is 2.12. The predicted octanol–water partition coefficient (Wildman–Crippen LogP) is 2.09. The van der Waals surface area contributed by atoms with Gasteiger partial charge in [-0.3, -0.25) is 4.90 Å². The molecule has 0 amide bonds. The van der Waals surface area contributed by atoms with Crippen LogP contribution in [0.25, 0.3) is 5.69 Å². The highest BCUT2D eigenvalue weighted by Gasteiger charge is 2.19. The summed E-state index contributed by atoms with van der Waals surface area (Å²) in [6.07, 6.45) is 5.94. The fraction of sp³-hybridized carbons (Fsp3) is 0.529. The van der Waals surface area contributed by atoms with Gasteiger partial charge in [0.25, 0.3) is 0 Å². The van der Waals surface area contributed by atoms with Gasteiger partial charge in [0.15, 0.2) is 0 Å². The van der Waals surface area contributed by atoms with Crippen LogP contribution in [0.3, 0.4) is 0 Å². The molecule has 0 unspecified atom stereocenters. The van der Waals surface area contributed by atoms with E-state index in [1.165, 1.54) is 32.4 Å². The van der Waals surface area contributed by atoms with Gasteiger partial charge < -0.3 is 5.32 Å². The SMILES string of the molecule is CNCCC1CCN(Cc2cn(-c3ccccc3)nn2)CC1. The Bertz CT molecular complexity index is 557. The monoisotopic (exact) mass is 299 g/mol. The summed E-state index contributed by atoms with van der Waals surface area (Å²) in [5.74, 6) is 0.878. The number of hydrogen-bond donors (Lipinski definition) is 1. The second-order valence-electron chi connectivity index (χ2n) is 6.10. The van der Waals surface area contributed by atoms with Gasteiger partial charge in [0.2, 0.25) is 0 Å². The molecule has 1 aliphatic heterocycles. The van der Waals surface area contributed by atoms with Gasteiger partial charge in [0.05, 0.1) is 17.6 Å². The lowest BCUT2D eigenvalue weighted by Crippen LogP contribution is -2.34. The fourth-order valence-electron chi connectivity index (χ4n) is 3.09. The highest BCUT2D eigenvalue weighted by atomic mass is 15.4. The van der Waals surface area contributed by atoms with E-state index < -0.39 is 0 Å². The van der Waals surface area contributed by atoms with Gasteiger partial charge in [-0.1, -0.05) is 23.4 Å². The van der Waals surface area contributed by atoms with Crippen molar-refractivity contribution in [1.82, 2.24) is 25.2 Å². The van der Waals surface area contributed by atoms with E-state index in [-0.39, 0.29) is 0 Å². The summed E-state index contributed by atoms with van der Waals surface area (Å²) in [5, 5.41) is 11.8. The second kappa shape index (κ2) is 7.51. The lowest BCUT2D eigenvalue weighted by molar-refractivity contribution is 0.170. The Morgan fingerprint density at radius 1 is 1.18 bits per heavy atom. The van der Waals surface area contributed by atoms with Crippen LogP contribution in [0.5, 0.6) is 0 Å². The van der Waals surface area contributed by atoms with E-state index in [0.717, 1.165) is 30.4 Å². The van der Waals surface area contributed by atoms with Gasteiger partial charge in [-0.2, -0.15) is 0 Å². The fourth-order valence-corrected chi connectivity index (χ4v) is 3.09. The molecule has 3 rings (SSSR count). The van der Waals surface area contributed by atoms with E-state index in [4.69, 9.17) is 0 Å². The molecule has 0 atom stereocenters. The van der Waals surface area contributed by atoms with Crippen LogP contribution in [0.2, 0.25) is 0 Å². The van der Waals surface area contributed by atoms with Crippen molar-refractivity contribution in [1.29, 1.82) is 0 Å². The van der Waals surface area contributed by atoms with Gasteiger partial charge >= 0.3 is 0 Å². The van der Waals surface area contributed by atoms with E-state index in [0.29, 0.717) is 0 Å². The third-order valence-corrected chi connectivity index (χ3v) is 4.46. The third kappa shape index (κ3) is 3.93. The summed E-state index contributed by atoms with van der Waals surface area (Å²) < 4.78 is 1.86. The normalized spacial score (nSPS) is 17.0. The first kappa shape index (κ1) is 15.2. The number of likely N-dealkylation sites (tertiary alicyclic amines) is 1. The van der Waals surface area contributed by atoms with Crippen molar-refractivity contribution in [2.24, 2.45) is 5.92 Å². The average molecular weight is 299 g/mol. The number of aromatic nitrogens is 3. The van der Waals surface area contributed by atoms with E-state index >= 15 is 0 Å². The number of para-hydroxylation sites is 1. The Hall–Kier alpha value is -1.72. The average Bonchev–Trinajstić information content (AvgIpc) is 3.04. The molecule has 5 heteroatoms. The van der Waals surface area contributed by atoms with Crippen molar-refractivity contribution in [3.63, 3.8) is 0 Å². The molecule has 0 spiro atoms. The number of piperidine rings is 1. The Balaban J connectivity index is 1.51. The molecule has 2 heterocycles. The summed E-state index contributed by atoms with van der Waals surface area (Å²) in [6.45, 7) is 4.39. The van der Waals surface area contributed by atoms with Crippen LogP contribution < -0.4 is 5.32 Å². The minimum Gasteiger partial charge on any atom is -0.320 e. The summed E-state index contributed by atoms with van der Waals surface area (Å²) in [6, 6.07) is 10.1. The Kier molecular flexibility index (Phi) is 5.19. The molecule has 0 aliphatic carbocycles. The van der Waals surface area contributed by atoms with Crippen LogP contribution in [0.1, 0.15) is 25.0 Å². The third-order valence-electron chi connectivity index (χ3n) is 4.46. The lowest BCUT2D eigenvalue weighted by Gasteiger charge is -2.31. The first-order chi connectivity index (χ1) is 10.8. The zero-order valence-corrected chi connectivity index (χ0v) is 13.3. The van der Waals surface area contributed by atoms with Gasteiger partial charge in [0, 0.05) is 6.54 Å². The molecule has 0 saturated carbocycles. The van der Waals surface area contributed by atoms with E-state index in [1.54, 1.807) is 0 Å². The maximum absolute atomic E-state index is 4.32. The van der Waals surface area contributed by atoms with Crippen LogP contribution in [0.4, 0.5) is 0 Å². The Labute approximate surface area is 132 Å². The van der Waals surface area contributed by atoms with Gasteiger partial charge in [-0.25, -0.2) is 4.68 Å². The largest absolute Gasteiger partial charge is 0.320 e. The number of rotatable bonds is 6. The Morgan fingerprint density at radius 2 is 1.95 bits per heavy atom. The Morgan fingerprint density at radius 3 is 2.68 bits per heavy atom. The van der Waals surface area contributed by atoms with Gasteiger partial charge in [-0.05, 0) is 64.0 Å². The molecule has 1 fully saturated rings. The van der Waals surface area contributed by atoms with Crippen LogP contribution in [-0.4, -0.2) is 46.6 Å². The van der Waals surface area contributed by atoms with Crippen molar-refractivity contribution in [3.8, 4) is 5.69 Å². The highest BCUT2D eigenvalue weighted by molar-refractivity contribution is 5.29. The van der Waals surface area contributed by atoms with E-state index in [2.05, 4.69) is 20.5 Å². The molecular weight excluding hydrogens is 274 g/mol. The molecular formula is C17H25N5. The van der Waals surface area contributed by atoms with Crippen LogP contribution in [0, 0.1) is 5.92 Å². The molecule has 1 aliphatic rings. The first-order valence-corrected chi connectivity index (χ1v) is 8.19. The minimum atomic E-state index is 0.878. The summed E-state index contributed by atoms with van der Waals surface area (Å²) in [4.78, 5) is 2.50. The summed E-state index contributed by atoms with van der Waals surface area (Å²) >= 11 is 0. The number of nitrogens with zero attached hydrogens (tertiary/aromatic N) is 4. The molecule has 1 N–H and O–H groups in total. The summed E-state index contributed by atoms with van der Waals surface area (Å²) in [7, 11) is 2.03. The maximum atomic E-state index is 4.32. The lowest BCUT2D eigenvalue weighted by atomic mass is 9.93. The van der Waals surface area contributed by atoms with Crippen molar-refractivity contribution < 1.29 is 0 Å². The molecule has 0 radical (unpaired) electrons. The molecule has 118 valence electrons. The maximum Gasteiger partial charge on any atom is 0.0971 e. The van der Waals surface area contributed by atoms with Crippen LogP contribution in [-0.2, 0) is 6.54 Å². The van der Waals surface area contributed by atoms with Crippen LogP contribution >= 0.6 is 0 Å². The minimum absolute atomic E-state index is 0.878. The van der Waals surface area contributed by atoms with E-state index in [9.17, 15) is 0 Å². The van der Waals surface area contributed by atoms with Crippen molar-refractivity contribution in [2.75, 3.05) is 26.7 Å². The molecule has 2 aromatic rings. The van der Waals surface area contributed by atoms with Crippen molar-refractivity contribution in [2.45, 2.75) is 25.8 Å². The van der Waals surface area contributed by atoms with Crippen molar-refractivity contribution in [3.05, 3.63) is 42.2 Å². The first-order valence-electron chi connectivity index (χ1n) is 8.19. The molecule has 1 saturated heterocycles. The quantitative estimate of drug-likeness (QED) is 0.887.